The Balaban J connectivity index is 1.54. The van der Waals surface area contributed by atoms with Crippen molar-refractivity contribution in [3.05, 3.63) is 66.1 Å². The largest absolute Gasteiger partial charge is 0.378 e. The molecule has 0 spiro atoms. The Morgan fingerprint density at radius 3 is 2.84 bits per heavy atom. The molecule has 0 bridgehead atoms. The summed E-state index contributed by atoms with van der Waals surface area (Å²) in [5.41, 5.74) is 4.32. The number of nitrogens with one attached hydrogen (secondary N) is 1. The van der Waals surface area contributed by atoms with E-state index in [0.29, 0.717) is 12.2 Å². The standard InChI is InChI=1S/C17H16FN7/c1-2-14-7-16(17-22-20-11-25(17)23-14)19-8-12-9-21-24(10-12)15-5-3-13(18)4-6-15/h3-7,9-11,19H,2,8H2,1H3. The number of anilines is 1. The van der Waals surface area contributed by atoms with Gasteiger partial charge >= 0.3 is 0 Å². The number of aromatic nitrogens is 6. The summed E-state index contributed by atoms with van der Waals surface area (Å²) in [6, 6.07) is 8.19. The summed E-state index contributed by atoms with van der Waals surface area (Å²) in [5.74, 6) is -0.264. The Bertz CT molecular complexity index is 1000. The number of halogens is 1. The van der Waals surface area contributed by atoms with Crippen LogP contribution in [0.2, 0.25) is 0 Å². The van der Waals surface area contributed by atoms with E-state index >= 15 is 0 Å². The molecule has 0 unspecified atom stereocenters. The zero-order valence-electron chi connectivity index (χ0n) is 13.6. The fourth-order valence-electron chi connectivity index (χ4n) is 2.57. The lowest BCUT2D eigenvalue weighted by molar-refractivity contribution is 0.627. The van der Waals surface area contributed by atoms with E-state index < -0.39 is 0 Å². The van der Waals surface area contributed by atoms with Gasteiger partial charge in [-0.1, -0.05) is 6.92 Å². The predicted molar refractivity (Wildman–Crippen MR) is 91.0 cm³/mol. The Kier molecular flexibility index (Phi) is 3.85. The maximum atomic E-state index is 13.0. The molecule has 1 N–H and O–H groups in total. The zero-order valence-corrected chi connectivity index (χ0v) is 13.6. The highest BCUT2D eigenvalue weighted by Crippen LogP contribution is 2.17. The second-order valence-corrected chi connectivity index (χ2v) is 5.63. The van der Waals surface area contributed by atoms with Crippen LogP contribution < -0.4 is 5.32 Å². The van der Waals surface area contributed by atoms with Crippen LogP contribution in [-0.2, 0) is 13.0 Å². The van der Waals surface area contributed by atoms with E-state index in [4.69, 9.17) is 0 Å². The van der Waals surface area contributed by atoms with E-state index in [2.05, 4.69) is 32.6 Å². The van der Waals surface area contributed by atoms with Crippen molar-refractivity contribution < 1.29 is 4.39 Å². The fourth-order valence-corrected chi connectivity index (χ4v) is 2.57. The number of nitrogens with zero attached hydrogens (tertiary/aromatic N) is 6. The summed E-state index contributed by atoms with van der Waals surface area (Å²) in [6.45, 7) is 2.63. The molecule has 4 aromatic rings. The van der Waals surface area contributed by atoms with Crippen LogP contribution in [0.4, 0.5) is 10.1 Å². The smallest absolute Gasteiger partial charge is 0.200 e. The van der Waals surface area contributed by atoms with Crippen molar-refractivity contribution >= 4 is 11.3 Å². The minimum Gasteiger partial charge on any atom is -0.378 e. The molecule has 0 radical (unpaired) electrons. The van der Waals surface area contributed by atoms with Gasteiger partial charge in [-0.05, 0) is 36.8 Å². The number of aryl methyl sites for hydroxylation is 1. The van der Waals surface area contributed by atoms with E-state index in [9.17, 15) is 4.39 Å². The van der Waals surface area contributed by atoms with Gasteiger partial charge in [0.15, 0.2) is 0 Å². The van der Waals surface area contributed by atoms with E-state index in [1.165, 1.54) is 12.1 Å². The molecule has 0 aliphatic carbocycles. The lowest BCUT2D eigenvalue weighted by atomic mass is 10.2. The quantitative estimate of drug-likeness (QED) is 0.606. The molecule has 8 heteroatoms. The summed E-state index contributed by atoms with van der Waals surface area (Å²) in [6.07, 6.45) is 6.10. The number of benzene rings is 1. The minimum atomic E-state index is -0.264. The van der Waals surface area contributed by atoms with Crippen molar-refractivity contribution in [1.29, 1.82) is 0 Å². The number of hydrogen-bond acceptors (Lipinski definition) is 5. The molecule has 4 rings (SSSR count). The first-order valence-corrected chi connectivity index (χ1v) is 7.96. The summed E-state index contributed by atoms with van der Waals surface area (Å²) in [7, 11) is 0. The van der Waals surface area contributed by atoms with Gasteiger partial charge in [0, 0.05) is 18.3 Å². The van der Waals surface area contributed by atoms with Crippen molar-refractivity contribution in [2.24, 2.45) is 0 Å². The molecule has 0 aliphatic heterocycles. The Morgan fingerprint density at radius 1 is 1.20 bits per heavy atom. The molecule has 0 saturated carbocycles. The van der Waals surface area contributed by atoms with E-state index in [0.717, 1.165) is 29.1 Å². The molecule has 3 aromatic heterocycles. The molecule has 0 aliphatic rings. The minimum absolute atomic E-state index is 0.264. The number of rotatable bonds is 5. The van der Waals surface area contributed by atoms with Crippen LogP contribution in [0, 0.1) is 5.82 Å². The maximum absolute atomic E-state index is 13.0. The highest BCUT2D eigenvalue weighted by molar-refractivity contribution is 5.66. The second-order valence-electron chi connectivity index (χ2n) is 5.63. The van der Waals surface area contributed by atoms with Crippen molar-refractivity contribution in [2.75, 3.05) is 5.32 Å². The van der Waals surface area contributed by atoms with Crippen LogP contribution >= 0.6 is 0 Å². The molecular weight excluding hydrogens is 321 g/mol. The van der Waals surface area contributed by atoms with Gasteiger partial charge in [0.25, 0.3) is 0 Å². The normalized spacial score (nSPS) is 11.1. The van der Waals surface area contributed by atoms with Crippen molar-refractivity contribution in [3.63, 3.8) is 0 Å². The van der Waals surface area contributed by atoms with Gasteiger partial charge in [0.2, 0.25) is 5.65 Å². The first-order valence-electron chi connectivity index (χ1n) is 7.96. The third kappa shape index (κ3) is 3.06. The molecular formula is C17H16FN7. The lowest BCUT2D eigenvalue weighted by Crippen LogP contribution is -2.05. The highest BCUT2D eigenvalue weighted by atomic mass is 19.1. The molecule has 0 fully saturated rings. The summed E-state index contributed by atoms with van der Waals surface area (Å²) in [4.78, 5) is 0. The third-order valence-electron chi connectivity index (χ3n) is 3.89. The van der Waals surface area contributed by atoms with Crippen LogP contribution in [0.1, 0.15) is 18.2 Å². The third-order valence-corrected chi connectivity index (χ3v) is 3.89. The van der Waals surface area contributed by atoms with Crippen molar-refractivity contribution in [1.82, 2.24) is 29.6 Å². The Hall–Kier alpha value is -3.29. The Morgan fingerprint density at radius 2 is 2.04 bits per heavy atom. The van der Waals surface area contributed by atoms with Gasteiger partial charge < -0.3 is 5.32 Å². The van der Waals surface area contributed by atoms with Gasteiger partial charge in [-0.15, -0.1) is 10.2 Å². The molecule has 7 nitrogen and oxygen atoms in total. The molecule has 126 valence electrons. The molecule has 0 atom stereocenters. The van der Waals surface area contributed by atoms with Gasteiger partial charge in [-0.3, -0.25) is 0 Å². The monoisotopic (exact) mass is 337 g/mol. The average Bonchev–Trinajstić information content (AvgIpc) is 3.29. The van der Waals surface area contributed by atoms with Gasteiger partial charge in [-0.2, -0.15) is 14.7 Å². The average molecular weight is 337 g/mol. The first-order chi connectivity index (χ1) is 12.2. The number of hydrogen-bond donors (Lipinski definition) is 1. The van der Waals surface area contributed by atoms with E-state index in [1.54, 1.807) is 33.9 Å². The number of fused-ring (bicyclic) bond motifs is 1. The summed E-state index contributed by atoms with van der Waals surface area (Å²) >= 11 is 0. The fraction of sp³-hybridized carbons (Fsp3) is 0.176. The molecule has 0 amide bonds. The maximum Gasteiger partial charge on any atom is 0.200 e. The highest BCUT2D eigenvalue weighted by Gasteiger charge is 2.08. The summed E-state index contributed by atoms with van der Waals surface area (Å²) in [5, 5.41) is 20.1. The van der Waals surface area contributed by atoms with Crippen molar-refractivity contribution in [3.8, 4) is 5.69 Å². The zero-order chi connectivity index (χ0) is 17.2. The molecule has 3 heterocycles. The Labute approximate surface area is 143 Å². The van der Waals surface area contributed by atoms with Gasteiger partial charge in [0.1, 0.15) is 12.1 Å². The van der Waals surface area contributed by atoms with Gasteiger partial charge in [-0.25, -0.2) is 9.07 Å². The summed E-state index contributed by atoms with van der Waals surface area (Å²) < 4.78 is 16.4. The molecule has 1 aromatic carbocycles. The second kappa shape index (κ2) is 6.31. The predicted octanol–water partition coefficient (Wildman–Crippen LogP) is 2.62. The molecule has 25 heavy (non-hydrogen) atoms. The lowest BCUT2D eigenvalue weighted by Gasteiger charge is -2.07. The van der Waals surface area contributed by atoms with Crippen molar-refractivity contribution in [2.45, 2.75) is 19.9 Å². The topological polar surface area (TPSA) is 72.9 Å². The first kappa shape index (κ1) is 15.3. The van der Waals surface area contributed by atoms with Crippen LogP contribution in [0.15, 0.2) is 49.1 Å². The van der Waals surface area contributed by atoms with Gasteiger partial charge in [0.05, 0.1) is 23.3 Å². The molecule has 0 saturated heterocycles. The van der Waals surface area contributed by atoms with Crippen LogP contribution in [0.25, 0.3) is 11.3 Å². The van der Waals surface area contributed by atoms with E-state index in [-0.39, 0.29) is 5.82 Å². The van der Waals surface area contributed by atoms with E-state index in [1.807, 2.05) is 12.3 Å². The van der Waals surface area contributed by atoms with Crippen LogP contribution in [0.3, 0.4) is 0 Å². The SMILES string of the molecule is CCc1cc(NCc2cnn(-c3ccc(F)cc3)c2)c2nncn2n1. The van der Waals surface area contributed by atoms with Crippen LogP contribution in [0.5, 0.6) is 0 Å². The van der Waals surface area contributed by atoms with Crippen LogP contribution in [-0.4, -0.2) is 29.6 Å².